The molecule has 0 atom stereocenters. The van der Waals surface area contributed by atoms with Gasteiger partial charge in [-0.25, -0.2) is 0 Å². The smallest absolute Gasteiger partial charge is 0.00962 e. The van der Waals surface area contributed by atoms with Crippen LogP contribution in [0.4, 0.5) is 0 Å². The first-order chi connectivity index (χ1) is 30.3. The van der Waals surface area contributed by atoms with E-state index in [1.807, 2.05) is 0 Å². The van der Waals surface area contributed by atoms with Crippen molar-refractivity contribution in [2.45, 2.75) is 111 Å². The Labute approximate surface area is 386 Å². The molecule has 64 heavy (non-hydrogen) atoms. The lowest BCUT2D eigenvalue weighted by Gasteiger charge is -2.24. The van der Waals surface area contributed by atoms with Gasteiger partial charge in [-0.15, -0.1) is 0 Å². The van der Waals surface area contributed by atoms with Crippen LogP contribution in [0.2, 0.25) is 0 Å². The number of aryl methyl sites for hydroxylation is 12. The maximum Gasteiger partial charge on any atom is -0.00962 e. The molecule has 0 fully saturated rings. The minimum absolute atomic E-state index is 1.30. The molecule has 1 aliphatic rings. The third-order valence-corrected chi connectivity index (χ3v) is 13.7. The highest BCUT2D eigenvalue weighted by atomic mass is 14.3. The Morgan fingerprint density at radius 1 is 0.156 bits per heavy atom. The molecule has 1 aliphatic carbocycles. The van der Waals surface area contributed by atoms with Crippen LogP contribution in [0.1, 0.15) is 89.0 Å². The third-order valence-electron chi connectivity index (χ3n) is 13.7. The Kier molecular flexibility index (Phi) is 13.2. The maximum absolute atomic E-state index is 2.34. The molecule has 0 aliphatic heterocycles. The van der Waals surface area contributed by atoms with Crippen molar-refractivity contribution in [1.82, 2.24) is 0 Å². The summed E-state index contributed by atoms with van der Waals surface area (Å²) < 4.78 is 0. The number of fused-ring (bicyclic) bond motifs is 8. The third kappa shape index (κ3) is 9.35. The molecule has 0 heteroatoms. The van der Waals surface area contributed by atoms with Crippen molar-refractivity contribution in [2.75, 3.05) is 0 Å². The van der Waals surface area contributed by atoms with E-state index >= 15 is 0 Å². The summed E-state index contributed by atoms with van der Waals surface area (Å²) in [6, 6.07) is 45.8. The highest BCUT2D eigenvalue weighted by molar-refractivity contribution is 6.03. The second kappa shape index (κ2) is 18.5. The highest BCUT2D eigenvalue weighted by Crippen LogP contribution is 2.48. The van der Waals surface area contributed by atoms with Gasteiger partial charge in [0.25, 0.3) is 0 Å². The van der Waals surface area contributed by atoms with Crippen molar-refractivity contribution >= 4 is 0 Å². The van der Waals surface area contributed by atoms with Crippen LogP contribution in [-0.4, -0.2) is 0 Å². The molecule has 8 aromatic rings. The minimum Gasteiger partial charge on any atom is -0.0587 e. The number of rotatable bonds is 2. The van der Waals surface area contributed by atoms with Gasteiger partial charge in [0.2, 0.25) is 0 Å². The lowest BCUT2D eigenvalue weighted by atomic mass is 9.79. The molecule has 0 N–H and O–H groups in total. The lowest BCUT2D eigenvalue weighted by Crippen LogP contribution is -1.99. The first-order valence-electron chi connectivity index (χ1n) is 23.1. The molecule has 0 aromatic heterocycles. The molecular weight excluding hydrogens is 769 g/mol. The van der Waals surface area contributed by atoms with Gasteiger partial charge >= 0.3 is 0 Å². The van der Waals surface area contributed by atoms with E-state index in [1.54, 1.807) is 0 Å². The molecule has 324 valence electrons. The van der Waals surface area contributed by atoms with Crippen LogP contribution in [0.25, 0.3) is 66.8 Å². The molecule has 0 spiro atoms. The van der Waals surface area contributed by atoms with Gasteiger partial charge in [0.1, 0.15) is 0 Å². The molecule has 9 rings (SSSR count). The normalized spacial score (nSPS) is 11.1. The predicted molar refractivity (Wildman–Crippen MR) is 281 cm³/mol. The van der Waals surface area contributed by atoms with Crippen molar-refractivity contribution < 1.29 is 0 Å². The van der Waals surface area contributed by atoms with Crippen LogP contribution in [0.5, 0.6) is 0 Å². The SMILES string of the molecule is Cc1cc(C)c(C)c(-c2cc(C)cc(C)c2C)c1.Cc1cc(C)c(C)c(-c2cc(C)cc(C)c2C)c1.Cc1ccc2c(c1)-c1cc(C)ccc1-c1ccc(C)cc1-c1cc(C)ccc1-2. The van der Waals surface area contributed by atoms with Crippen LogP contribution in [0.3, 0.4) is 0 Å². The summed E-state index contributed by atoms with van der Waals surface area (Å²) >= 11 is 0. The lowest BCUT2D eigenvalue weighted by molar-refractivity contribution is 1.26. The Morgan fingerprint density at radius 3 is 0.516 bits per heavy atom. The molecule has 0 unspecified atom stereocenters. The zero-order valence-electron chi connectivity index (χ0n) is 41.5. The summed E-state index contributed by atoms with van der Waals surface area (Å²) in [5, 5.41) is 0. The molecule has 0 radical (unpaired) electrons. The fourth-order valence-corrected chi connectivity index (χ4v) is 9.74. The summed E-state index contributed by atoms with van der Waals surface area (Å²) in [6.45, 7) is 35.1. The Morgan fingerprint density at radius 2 is 0.328 bits per heavy atom. The summed E-state index contributed by atoms with van der Waals surface area (Å²) in [5.74, 6) is 0. The average molecular weight is 837 g/mol. The van der Waals surface area contributed by atoms with E-state index in [0.717, 1.165) is 0 Å². The van der Waals surface area contributed by atoms with E-state index in [-0.39, 0.29) is 0 Å². The molecule has 0 amide bonds. The van der Waals surface area contributed by atoms with Crippen molar-refractivity contribution in [1.29, 1.82) is 0 Å². The fourth-order valence-electron chi connectivity index (χ4n) is 9.74. The van der Waals surface area contributed by atoms with Gasteiger partial charge in [-0.3, -0.25) is 0 Å². The Balaban J connectivity index is 0.000000150. The van der Waals surface area contributed by atoms with E-state index in [1.165, 1.54) is 156 Å². The van der Waals surface area contributed by atoms with Gasteiger partial charge in [-0.2, -0.15) is 0 Å². The standard InChI is InChI=1S/C28H24.2C18H22/c1-17-5-9-21-22-10-6-19(3)15-27(22)28-16-20(4)8-12-24(28)23-11-7-18(2)14-26(23)25(21)13-17;2*1-11-7-13(3)15(5)17(9-11)18-10-12(2)8-14(4)16(18)6/h5-16H,1-4H3;2*7-10H,1-6H3. The van der Waals surface area contributed by atoms with Crippen molar-refractivity contribution in [2.24, 2.45) is 0 Å². The summed E-state index contributed by atoms with van der Waals surface area (Å²) in [5.41, 5.74) is 37.8. The average Bonchev–Trinajstić information content (AvgIpc) is 3.23. The van der Waals surface area contributed by atoms with Crippen LogP contribution in [-0.2, 0) is 0 Å². The van der Waals surface area contributed by atoms with Gasteiger partial charge in [-0.1, -0.05) is 166 Å². The van der Waals surface area contributed by atoms with Gasteiger partial charge in [0.05, 0.1) is 0 Å². The van der Waals surface area contributed by atoms with Crippen LogP contribution in [0, 0.1) is 111 Å². The highest BCUT2D eigenvalue weighted by Gasteiger charge is 2.22. The Bertz CT molecular complexity index is 2670. The van der Waals surface area contributed by atoms with E-state index in [2.05, 4.69) is 232 Å². The van der Waals surface area contributed by atoms with Crippen molar-refractivity contribution in [3.05, 3.63) is 210 Å². The fraction of sp³-hybridized carbons (Fsp3) is 0.250. The molecular formula is C64H68. The summed E-state index contributed by atoms with van der Waals surface area (Å²) in [7, 11) is 0. The molecule has 8 aromatic carbocycles. The second-order valence-corrected chi connectivity index (χ2v) is 19.2. The maximum atomic E-state index is 2.34. The molecule has 0 heterocycles. The van der Waals surface area contributed by atoms with E-state index in [9.17, 15) is 0 Å². The monoisotopic (exact) mass is 837 g/mol. The first kappa shape index (κ1) is 45.8. The zero-order valence-corrected chi connectivity index (χ0v) is 41.5. The van der Waals surface area contributed by atoms with Crippen LogP contribution in [0.15, 0.2) is 121 Å². The van der Waals surface area contributed by atoms with Crippen molar-refractivity contribution in [3.8, 4) is 66.8 Å². The van der Waals surface area contributed by atoms with Gasteiger partial charge < -0.3 is 0 Å². The van der Waals surface area contributed by atoms with Crippen molar-refractivity contribution in [3.63, 3.8) is 0 Å². The topological polar surface area (TPSA) is 0 Å². The van der Waals surface area contributed by atoms with E-state index in [0.29, 0.717) is 0 Å². The van der Waals surface area contributed by atoms with Gasteiger partial charge in [0, 0.05) is 0 Å². The zero-order chi connectivity index (χ0) is 46.3. The number of hydrogen-bond acceptors (Lipinski definition) is 0. The molecule has 0 nitrogen and oxygen atoms in total. The Hall–Kier alpha value is -6.24. The summed E-state index contributed by atoms with van der Waals surface area (Å²) in [4.78, 5) is 0. The van der Waals surface area contributed by atoms with Gasteiger partial charge in [-0.05, 0) is 222 Å². The minimum atomic E-state index is 1.30. The predicted octanol–water partition coefficient (Wildman–Crippen LogP) is 18.3. The molecule has 0 saturated carbocycles. The summed E-state index contributed by atoms with van der Waals surface area (Å²) in [6.07, 6.45) is 0. The first-order valence-corrected chi connectivity index (χ1v) is 23.1. The van der Waals surface area contributed by atoms with Gasteiger partial charge in [0.15, 0.2) is 0 Å². The van der Waals surface area contributed by atoms with E-state index < -0.39 is 0 Å². The largest absolute Gasteiger partial charge is 0.0587 e. The quantitative estimate of drug-likeness (QED) is 0.163. The van der Waals surface area contributed by atoms with Crippen LogP contribution < -0.4 is 0 Å². The number of benzene rings is 8. The molecule has 0 bridgehead atoms. The number of hydrogen-bond donors (Lipinski definition) is 0. The second-order valence-electron chi connectivity index (χ2n) is 19.2. The molecule has 0 saturated heterocycles. The van der Waals surface area contributed by atoms with Crippen LogP contribution >= 0.6 is 0 Å². The van der Waals surface area contributed by atoms with E-state index in [4.69, 9.17) is 0 Å².